The molecule has 0 aliphatic carbocycles. The Bertz CT molecular complexity index is 777. The lowest BCUT2D eigenvalue weighted by Gasteiger charge is -2.22. The van der Waals surface area contributed by atoms with E-state index in [-0.39, 0.29) is 11.9 Å². The first-order chi connectivity index (χ1) is 29.4. The van der Waals surface area contributed by atoms with Crippen molar-refractivity contribution in [1.82, 2.24) is 4.90 Å². The first kappa shape index (κ1) is 63.3. The fourth-order valence-corrected chi connectivity index (χ4v) is 7.83. The van der Waals surface area contributed by atoms with Crippen molar-refractivity contribution in [3.8, 4) is 0 Å². The van der Waals surface area contributed by atoms with Gasteiger partial charge < -0.3 is 24.3 Å². The van der Waals surface area contributed by atoms with Crippen LogP contribution in [-0.4, -0.2) is 68.8 Å². The highest BCUT2D eigenvalue weighted by atomic mass is 16.5. The third-order valence-corrected chi connectivity index (χ3v) is 11.9. The average Bonchev–Trinajstić information content (AvgIpc) is 3.26. The minimum absolute atomic E-state index is 0.0785. The van der Waals surface area contributed by atoms with Crippen LogP contribution in [0.15, 0.2) is 0 Å². The van der Waals surface area contributed by atoms with Crippen molar-refractivity contribution in [2.45, 2.75) is 279 Å². The molecule has 1 N–H and O–H groups in total. The first-order valence-electron chi connectivity index (χ1n) is 26.9. The number of rotatable bonds is 46. The van der Waals surface area contributed by atoms with Crippen molar-refractivity contribution >= 4 is 12.3 Å². The molecule has 6 nitrogen and oxygen atoms in total. The maximum atomic E-state index is 12.8. The molecule has 0 spiro atoms. The largest absolute Gasteiger partial charge is 0.465 e. The summed E-state index contributed by atoms with van der Waals surface area (Å²) in [4.78, 5) is 26.4. The lowest BCUT2D eigenvalue weighted by Crippen LogP contribution is -2.27. The molecule has 2 atom stereocenters. The number of hydrogen-bond acceptors (Lipinski definition) is 6. The van der Waals surface area contributed by atoms with Crippen molar-refractivity contribution < 1.29 is 24.2 Å². The number of carbonyl (C=O) groups excluding carboxylic acids is 2. The van der Waals surface area contributed by atoms with Crippen LogP contribution < -0.4 is 0 Å². The lowest BCUT2D eigenvalue weighted by molar-refractivity contribution is -0.149. The molecule has 0 saturated carbocycles. The number of aliphatic hydroxyl groups is 1. The molecule has 60 heavy (non-hydrogen) atoms. The predicted octanol–water partition coefficient (Wildman–Crippen LogP) is 16.4. The van der Waals surface area contributed by atoms with Crippen LogP contribution in [0.2, 0.25) is 0 Å². The Morgan fingerprint density at radius 3 is 1.22 bits per heavy atom. The van der Waals surface area contributed by atoms with Gasteiger partial charge in [0.25, 0.3) is 0 Å². The quantitative estimate of drug-likeness (QED) is 0.0373. The number of nitrogens with zero attached hydrogens (tertiary/aromatic N) is 1. The van der Waals surface area contributed by atoms with E-state index in [2.05, 4.69) is 46.4 Å². The molecule has 6 heteroatoms. The van der Waals surface area contributed by atoms with E-state index >= 15 is 0 Å². The van der Waals surface area contributed by atoms with Crippen molar-refractivity contribution in [2.75, 3.05) is 46.6 Å². The van der Waals surface area contributed by atoms with Crippen LogP contribution in [-0.2, 0) is 19.1 Å². The van der Waals surface area contributed by atoms with E-state index in [0.717, 1.165) is 64.4 Å². The molecule has 0 aromatic heterocycles. The van der Waals surface area contributed by atoms with Gasteiger partial charge in [-0.25, -0.2) is 0 Å². The van der Waals surface area contributed by atoms with Gasteiger partial charge in [-0.2, -0.15) is 0 Å². The molecule has 0 saturated heterocycles. The predicted molar refractivity (Wildman–Crippen MR) is 264 cm³/mol. The van der Waals surface area contributed by atoms with Gasteiger partial charge in [0.05, 0.1) is 12.5 Å². The smallest absolute Gasteiger partial charge is 0.308 e. The molecule has 0 heterocycles. The van der Waals surface area contributed by atoms with Gasteiger partial charge in [-0.1, -0.05) is 215 Å². The van der Waals surface area contributed by atoms with Gasteiger partial charge in [0.2, 0.25) is 0 Å². The van der Waals surface area contributed by atoms with Gasteiger partial charge in [0.15, 0.2) is 0 Å². The third-order valence-electron chi connectivity index (χ3n) is 11.9. The molecule has 0 aliphatic rings. The number of carbonyl (C=O) groups is 2. The van der Waals surface area contributed by atoms with E-state index in [9.17, 15) is 9.59 Å². The zero-order valence-electron chi connectivity index (χ0n) is 42.2. The Balaban J connectivity index is -0.00000116. The molecule has 0 aromatic rings. The molecule has 0 aliphatic heterocycles. The van der Waals surface area contributed by atoms with Crippen LogP contribution in [0.5, 0.6) is 0 Å². The van der Waals surface area contributed by atoms with E-state index in [1.54, 1.807) is 7.11 Å². The van der Waals surface area contributed by atoms with Crippen LogP contribution in [0.25, 0.3) is 0 Å². The van der Waals surface area contributed by atoms with E-state index in [1.807, 2.05) is 0 Å². The van der Waals surface area contributed by atoms with Gasteiger partial charge in [0, 0.05) is 26.2 Å². The van der Waals surface area contributed by atoms with Crippen molar-refractivity contribution in [3.63, 3.8) is 0 Å². The minimum Gasteiger partial charge on any atom is -0.465 e. The molecule has 0 aromatic carbocycles. The topological polar surface area (TPSA) is 76.1 Å². The van der Waals surface area contributed by atoms with E-state index < -0.39 is 0 Å². The second kappa shape index (κ2) is 58.0. The van der Waals surface area contributed by atoms with Gasteiger partial charge in [-0.15, -0.1) is 0 Å². The zero-order chi connectivity index (χ0) is 44.8. The van der Waals surface area contributed by atoms with Gasteiger partial charge >= 0.3 is 5.97 Å². The van der Waals surface area contributed by atoms with Crippen LogP contribution in [0, 0.1) is 11.8 Å². The number of methoxy groups -OCH3 is 1. The van der Waals surface area contributed by atoms with Gasteiger partial charge in [-0.3, -0.25) is 4.79 Å². The molecule has 362 valence electrons. The number of esters is 1. The molecule has 0 radical (unpaired) electrons. The number of hydrogen-bond donors (Lipinski definition) is 1. The summed E-state index contributed by atoms with van der Waals surface area (Å²) in [6, 6.07) is 0. The fraction of sp³-hybridized carbons (Fsp3) is 0.963. The zero-order valence-corrected chi connectivity index (χ0v) is 42.2. The highest BCUT2D eigenvalue weighted by Crippen LogP contribution is 2.21. The van der Waals surface area contributed by atoms with E-state index in [4.69, 9.17) is 14.6 Å². The van der Waals surface area contributed by atoms with Crippen molar-refractivity contribution in [2.24, 2.45) is 11.8 Å². The second-order valence-electron chi connectivity index (χ2n) is 18.0. The lowest BCUT2D eigenvalue weighted by atomic mass is 9.94. The monoisotopic (exact) mass is 854 g/mol. The van der Waals surface area contributed by atoms with Crippen LogP contribution in [0.3, 0.4) is 0 Å². The van der Waals surface area contributed by atoms with Crippen LogP contribution >= 0.6 is 0 Å². The molecule has 0 amide bonds. The maximum absolute atomic E-state index is 12.8. The van der Waals surface area contributed by atoms with E-state index in [1.165, 1.54) is 206 Å². The Hall–Kier alpha value is -0.980. The second-order valence-corrected chi connectivity index (χ2v) is 18.0. The molecule has 0 rings (SSSR count). The van der Waals surface area contributed by atoms with Crippen molar-refractivity contribution in [1.29, 1.82) is 0 Å². The number of unbranched alkanes of at least 4 members (excludes halogenated alkanes) is 25. The third kappa shape index (κ3) is 53.2. The van der Waals surface area contributed by atoms with E-state index in [0.29, 0.717) is 19.1 Å². The number of aldehydes is 1. The summed E-state index contributed by atoms with van der Waals surface area (Å²) < 4.78 is 10.5. The summed E-state index contributed by atoms with van der Waals surface area (Å²) in [6.45, 7) is 18.8. The molecular weight excluding hydrogens is 743 g/mol. The maximum Gasteiger partial charge on any atom is 0.308 e. The molecule has 2 unspecified atom stereocenters. The van der Waals surface area contributed by atoms with Crippen LogP contribution in [0.1, 0.15) is 279 Å². The Kier molecular flexibility index (Phi) is 61.2. The minimum atomic E-state index is 0.0785. The van der Waals surface area contributed by atoms with Crippen LogP contribution in [0.4, 0.5) is 0 Å². The molecular formula is C54H111NO5. The summed E-state index contributed by atoms with van der Waals surface area (Å²) in [6.07, 6.45) is 46.9. The summed E-state index contributed by atoms with van der Waals surface area (Å²) in [5, 5.41) is 8.91. The van der Waals surface area contributed by atoms with Gasteiger partial charge in [0.1, 0.15) is 6.29 Å². The highest BCUT2D eigenvalue weighted by molar-refractivity contribution is 5.72. The van der Waals surface area contributed by atoms with Crippen molar-refractivity contribution in [3.05, 3.63) is 0 Å². The summed E-state index contributed by atoms with van der Waals surface area (Å²) >= 11 is 0. The number of ether oxygens (including phenoxy) is 2. The summed E-state index contributed by atoms with van der Waals surface area (Å²) in [5.74, 6) is 0.548. The Labute approximate surface area is 377 Å². The average molecular weight is 854 g/mol. The molecule has 0 bridgehead atoms. The highest BCUT2D eigenvalue weighted by Gasteiger charge is 2.19. The van der Waals surface area contributed by atoms with Gasteiger partial charge in [-0.05, 0) is 83.8 Å². The molecule has 0 fully saturated rings. The normalized spacial score (nSPS) is 12.1. The summed E-state index contributed by atoms with van der Waals surface area (Å²) in [5.41, 5.74) is 0. The Morgan fingerprint density at radius 1 is 0.450 bits per heavy atom. The fourth-order valence-electron chi connectivity index (χ4n) is 7.83. The first-order valence-corrected chi connectivity index (χ1v) is 26.9. The summed E-state index contributed by atoms with van der Waals surface area (Å²) in [7, 11) is 1.71. The number of aliphatic hydroxyl groups excluding tert-OH is 1. The SMILES string of the molecule is CCCCCCCCC(C=O)CCCCCCC.CCCCCCCCC(CCCCCC)C(=O)OCCCCCCN(CCCC)CCCCCCCO.CCCOC. The standard InChI is InChI=1S/C33H67NO3.C17H34O.C4H10O/c1-4-7-10-12-14-20-26-32(25-19-11-8-5-2)33(36)37-31-24-18-16-22-29-34(27-9-6-3)28-21-15-13-17-23-30-35;1-3-5-7-9-11-13-15-17(16-18)14-12-10-8-6-4-2;1-3-4-5-2/h32,35H,4-31H2,1-3H3;16-17H,3-15H2,1-2H3;3-4H2,1-2H3. The Morgan fingerprint density at radius 2 is 0.817 bits per heavy atom.